The number of aromatic nitrogens is 2. The van der Waals surface area contributed by atoms with Crippen LogP contribution in [0.15, 0.2) is 24.4 Å². The van der Waals surface area contributed by atoms with Gasteiger partial charge in [0.05, 0.1) is 24.5 Å². The van der Waals surface area contributed by atoms with E-state index < -0.39 is 0 Å². The Morgan fingerprint density at radius 3 is 3.00 bits per heavy atom. The van der Waals surface area contributed by atoms with Crippen molar-refractivity contribution in [1.82, 2.24) is 9.97 Å². The van der Waals surface area contributed by atoms with Gasteiger partial charge in [-0.3, -0.25) is 15.0 Å². The highest BCUT2D eigenvalue weighted by molar-refractivity contribution is 6.05. The third-order valence-corrected chi connectivity index (χ3v) is 6.96. The van der Waals surface area contributed by atoms with Crippen LogP contribution < -0.4 is 19.9 Å². The summed E-state index contributed by atoms with van der Waals surface area (Å²) in [6.07, 6.45) is 8.36. The Balaban J connectivity index is 1.26. The largest absolute Gasteiger partial charge is 0.492 e. The number of nitrogens with zero attached hydrogens (tertiary/aromatic N) is 4. The number of aryl methyl sites for hydroxylation is 1. The van der Waals surface area contributed by atoms with Crippen LogP contribution in [0.2, 0.25) is 0 Å². The number of Topliss-reactive ketones (excluding diaryl/α,β-unsaturated/α-hetero) is 1. The fraction of sp³-hybridized carbons (Fsp3) is 0.500. The lowest BCUT2D eigenvalue weighted by Crippen LogP contribution is -2.48. The Kier molecular flexibility index (Phi) is 4.73. The number of ether oxygens (including phenoxy) is 1. The monoisotopic (exact) mass is 433 g/mol. The molecule has 1 saturated heterocycles. The molecule has 0 unspecified atom stereocenters. The second-order valence-electron chi connectivity index (χ2n) is 9.26. The minimum Gasteiger partial charge on any atom is -0.492 e. The zero-order valence-electron chi connectivity index (χ0n) is 18.0. The van der Waals surface area contributed by atoms with Crippen LogP contribution in [0.4, 0.5) is 22.1 Å². The molecular formula is C24H27N5O3. The standard InChI is InChI=1S/C24H27N5O3/c30-20(8-5-15-3-4-15)18-6-7-19-23(26-18)29(17-9-10-28(19)14-17)24(31)27-22-12-16-2-1-11-32-21(16)13-25-22/h6-7,12-13,15,17H,1-5,8-11,14H2,(H,25,27,31)/t17-/m0/s1. The number of carbonyl (C=O) groups is 2. The number of hydrogen-bond donors (Lipinski definition) is 1. The van der Waals surface area contributed by atoms with Gasteiger partial charge in [0, 0.05) is 19.5 Å². The molecule has 2 aromatic heterocycles. The van der Waals surface area contributed by atoms with Gasteiger partial charge < -0.3 is 9.64 Å². The highest BCUT2D eigenvalue weighted by atomic mass is 16.5. The van der Waals surface area contributed by atoms with Crippen molar-refractivity contribution in [1.29, 1.82) is 0 Å². The SMILES string of the molecule is O=C(CCC1CC1)c1ccc2c(n1)N(C(=O)Nc1cc3c(cn1)OCCC3)[C@H]1CCN2C1. The third-order valence-electron chi connectivity index (χ3n) is 6.96. The van der Waals surface area contributed by atoms with Crippen LogP contribution in [0.1, 0.15) is 54.6 Å². The number of anilines is 3. The van der Waals surface area contributed by atoms with E-state index in [2.05, 4.69) is 15.2 Å². The zero-order valence-corrected chi connectivity index (χ0v) is 18.0. The maximum Gasteiger partial charge on any atom is 0.329 e. The summed E-state index contributed by atoms with van der Waals surface area (Å²) in [5.74, 6) is 2.65. The van der Waals surface area contributed by atoms with E-state index in [0.717, 1.165) is 55.8 Å². The fourth-order valence-electron chi connectivity index (χ4n) is 4.99. The molecule has 0 spiro atoms. The average molecular weight is 434 g/mol. The van der Waals surface area contributed by atoms with Crippen molar-refractivity contribution >= 4 is 29.1 Å². The predicted molar refractivity (Wildman–Crippen MR) is 121 cm³/mol. The molecule has 2 bridgehead atoms. The molecule has 6 rings (SSSR count). The molecule has 2 amide bonds. The highest BCUT2D eigenvalue weighted by Gasteiger charge is 2.40. The first-order valence-corrected chi connectivity index (χ1v) is 11.7. The lowest BCUT2D eigenvalue weighted by Gasteiger charge is -2.35. The van der Waals surface area contributed by atoms with Crippen LogP contribution in [0.3, 0.4) is 0 Å². The number of pyridine rings is 2. The lowest BCUT2D eigenvalue weighted by atomic mass is 10.1. The van der Waals surface area contributed by atoms with E-state index in [1.165, 1.54) is 12.8 Å². The Bertz CT molecular complexity index is 1080. The number of fused-ring (bicyclic) bond motifs is 5. The Labute approximate surface area is 187 Å². The number of rotatable bonds is 5. The Hall–Kier alpha value is -3.16. The molecule has 5 heterocycles. The Morgan fingerprint density at radius 2 is 2.12 bits per heavy atom. The summed E-state index contributed by atoms with van der Waals surface area (Å²) in [4.78, 5) is 39.2. The van der Waals surface area contributed by atoms with Crippen molar-refractivity contribution in [2.45, 2.75) is 51.0 Å². The number of hydrogen-bond acceptors (Lipinski definition) is 6. The van der Waals surface area contributed by atoms with Crippen molar-refractivity contribution in [2.75, 3.05) is 34.8 Å². The van der Waals surface area contributed by atoms with Gasteiger partial charge in [-0.15, -0.1) is 0 Å². The molecule has 4 aliphatic rings. The lowest BCUT2D eigenvalue weighted by molar-refractivity contribution is 0.0973. The summed E-state index contributed by atoms with van der Waals surface area (Å²) in [6, 6.07) is 5.44. The van der Waals surface area contributed by atoms with Crippen molar-refractivity contribution in [3.05, 3.63) is 35.7 Å². The first-order valence-electron chi connectivity index (χ1n) is 11.7. The molecule has 1 aliphatic carbocycles. The van der Waals surface area contributed by atoms with Crippen LogP contribution in [0, 0.1) is 5.92 Å². The van der Waals surface area contributed by atoms with Gasteiger partial charge in [-0.25, -0.2) is 14.8 Å². The van der Waals surface area contributed by atoms with Crippen LogP contribution >= 0.6 is 0 Å². The Morgan fingerprint density at radius 1 is 1.22 bits per heavy atom. The average Bonchev–Trinajstić information content (AvgIpc) is 3.56. The van der Waals surface area contributed by atoms with Gasteiger partial charge >= 0.3 is 6.03 Å². The molecule has 2 fully saturated rings. The van der Waals surface area contributed by atoms with E-state index in [9.17, 15) is 9.59 Å². The molecule has 32 heavy (non-hydrogen) atoms. The molecule has 166 valence electrons. The maximum absolute atomic E-state index is 13.4. The van der Waals surface area contributed by atoms with Gasteiger partial charge in [0.1, 0.15) is 17.3 Å². The molecule has 2 aromatic rings. The molecule has 8 heteroatoms. The molecule has 1 N–H and O–H groups in total. The van der Waals surface area contributed by atoms with Gasteiger partial charge in [-0.05, 0) is 55.4 Å². The smallest absolute Gasteiger partial charge is 0.329 e. The van der Waals surface area contributed by atoms with E-state index in [0.29, 0.717) is 36.3 Å². The number of carbonyl (C=O) groups excluding carboxylic acids is 2. The van der Waals surface area contributed by atoms with E-state index in [4.69, 9.17) is 9.72 Å². The van der Waals surface area contributed by atoms with Crippen molar-refractivity contribution in [2.24, 2.45) is 5.92 Å². The van der Waals surface area contributed by atoms with Crippen LogP contribution in [0.25, 0.3) is 0 Å². The fourth-order valence-corrected chi connectivity index (χ4v) is 4.99. The quantitative estimate of drug-likeness (QED) is 0.722. The minimum atomic E-state index is -0.253. The van der Waals surface area contributed by atoms with E-state index in [1.807, 2.05) is 18.2 Å². The van der Waals surface area contributed by atoms with E-state index in [-0.39, 0.29) is 17.9 Å². The normalized spacial score (nSPS) is 20.9. The van der Waals surface area contributed by atoms with Crippen LogP contribution in [0.5, 0.6) is 5.75 Å². The van der Waals surface area contributed by atoms with Gasteiger partial charge in [-0.1, -0.05) is 12.8 Å². The summed E-state index contributed by atoms with van der Waals surface area (Å²) in [5.41, 5.74) is 2.43. The number of urea groups is 1. The second kappa shape index (κ2) is 7.76. The molecule has 1 atom stereocenters. The molecule has 0 radical (unpaired) electrons. The summed E-state index contributed by atoms with van der Waals surface area (Å²) < 4.78 is 5.63. The second-order valence-corrected chi connectivity index (χ2v) is 9.26. The van der Waals surface area contributed by atoms with E-state index in [1.54, 1.807) is 11.1 Å². The molecule has 8 nitrogen and oxygen atoms in total. The first kappa shape index (κ1) is 19.5. The molecule has 1 saturated carbocycles. The molecular weight excluding hydrogens is 406 g/mol. The number of ketones is 1. The predicted octanol–water partition coefficient (Wildman–Crippen LogP) is 3.81. The van der Waals surface area contributed by atoms with Crippen LogP contribution in [-0.2, 0) is 6.42 Å². The zero-order chi connectivity index (χ0) is 21.7. The van der Waals surface area contributed by atoms with Crippen molar-refractivity contribution in [3.8, 4) is 5.75 Å². The summed E-state index contributed by atoms with van der Waals surface area (Å²) in [6.45, 7) is 2.37. The van der Waals surface area contributed by atoms with Gasteiger partial charge in [0.15, 0.2) is 11.6 Å². The highest BCUT2D eigenvalue weighted by Crippen LogP contribution is 2.40. The minimum absolute atomic E-state index is 0.0350. The topological polar surface area (TPSA) is 87.7 Å². The third kappa shape index (κ3) is 3.57. The molecule has 0 aromatic carbocycles. The summed E-state index contributed by atoms with van der Waals surface area (Å²) >= 11 is 0. The van der Waals surface area contributed by atoms with Gasteiger partial charge in [0.25, 0.3) is 0 Å². The maximum atomic E-state index is 13.4. The van der Waals surface area contributed by atoms with Gasteiger partial charge in [0.2, 0.25) is 0 Å². The molecule has 3 aliphatic heterocycles. The summed E-state index contributed by atoms with van der Waals surface area (Å²) in [7, 11) is 0. The van der Waals surface area contributed by atoms with Gasteiger partial charge in [-0.2, -0.15) is 0 Å². The van der Waals surface area contributed by atoms with E-state index >= 15 is 0 Å². The van der Waals surface area contributed by atoms with Crippen LogP contribution in [-0.4, -0.2) is 47.5 Å². The van der Waals surface area contributed by atoms with Crippen molar-refractivity contribution < 1.29 is 14.3 Å². The van der Waals surface area contributed by atoms with Crippen molar-refractivity contribution in [3.63, 3.8) is 0 Å². The summed E-state index contributed by atoms with van der Waals surface area (Å²) in [5, 5.41) is 2.96. The first-order chi connectivity index (χ1) is 15.7. The number of nitrogens with one attached hydrogen (secondary N) is 1. The number of amides is 2.